The van der Waals surface area contributed by atoms with Crippen molar-refractivity contribution in [1.82, 2.24) is 5.32 Å². The van der Waals surface area contributed by atoms with Crippen molar-refractivity contribution in [3.63, 3.8) is 0 Å². The molecule has 0 radical (unpaired) electrons. The van der Waals surface area contributed by atoms with Crippen LogP contribution >= 0.6 is 15.9 Å². The molecule has 1 unspecified atom stereocenters. The van der Waals surface area contributed by atoms with E-state index in [9.17, 15) is 4.79 Å². The monoisotopic (exact) mass is 263 g/mol. The van der Waals surface area contributed by atoms with Gasteiger partial charge in [-0.3, -0.25) is 4.79 Å². The minimum Gasteiger partial charge on any atom is -0.384 e. The number of hydrogen-bond acceptors (Lipinski definition) is 2. The zero-order valence-electron chi connectivity index (χ0n) is 8.59. The van der Waals surface area contributed by atoms with Gasteiger partial charge in [0.05, 0.1) is 6.61 Å². The molecule has 1 atom stereocenters. The lowest BCUT2D eigenvalue weighted by atomic mass is 10.2. The zero-order valence-corrected chi connectivity index (χ0v) is 10.2. The van der Waals surface area contributed by atoms with Crippen LogP contribution in [0.25, 0.3) is 0 Å². The number of rotatable bonds is 7. The van der Waals surface area contributed by atoms with Gasteiger partial charge in [0.25, 0.3) is 0 Å². The molecular formula is C10H18BrNO2. The second-order valence-electron chi connectivity index (χ2n) is 3.84. The molecule has 0 spiro atoms. The summed E-state index contributed by atoms with van der Waals surface area (Å²) in [6, 6.07) is 0. The lowest BCUT2D eigenvalue weighted by Gasteiger charge is -2.09. The number of amides is 1. The number of alkyl halides is 1. The van der Waals surface area contributed by atoms with Crippen LogP contribution in [-0.2, 0) is 9.53 Å². The number of carbonyl (C=O) groups excluding carboxylic acids is 1. The summed E-state index contributed by atoms with van der Waals surface area (Å²) in [5.41, 5.74) is 0. The SMILES string of the molecule is COCC(Br)CCNC(=O)CC1CC1. The van der Waals surface area contributed by atoms with Crippen LogP contribution in [-0.4, -0.2) is 31.0 Å². The van der Waals surface area contributed by atoms with Gasteiger partial charge in [-0.05, 0) is 25.2 Å². The molecular weight excluding hydrogens is 246 g/mol. The molecule has 1 N–H and O–H groups in total. The number of carbonyl (C=O) groups is 1. The van der Waals surface area contributed by atoms with E-state index in [0.29, 0.717) is 17.4 Å². The summed E-state index contributed by atoms with van der Waals surface area (Å²) in [6.07, 6.45) is 4.11. The molecule has 0 aliphatic heterocycles. The molecule has 0 saturated heterocycles. The molecule has 1 amide bonds. The minimum atomic E-state index is 0.199. The van der Waals surface area contributed by atoms with Crippen LogP contribution in [0.2, 0.25) is 0 Å². The highest BCUT2D eigenvalue weighted by Crippen LogP contribution is 2.31. The number of ether oxygens (including phenoxy) is 1. The van der Waals surface area contributed by atoms with Crippen LogP contribution in [0.15, 0.2) is 0 Å². The lowest BCUT2D eigenvalue weighted by Crippen LogP contribution is -2.27. The summed E-state index contributed by atoms with van der Waals surface area (Å²) in [7, 11) is 1.68. The van der Waals surface area contributed by atoms with E-state index in [4.69, 9.17) is 4.74 Å². The molecule has 0 heterocycles. The summed E-state index contributed by atoms with van der Waals surface area (Å²) >= 11 is 3.48. The van der Waals surface area contributed by atoms with Crippen molar-refractivity contribution in [3.8, 4) is 0 Å². The quantitative estimate of drug-likeness (QED) is 0.711. The fourth-order valence-electron chi connectivity index (χ4n) is 1.29. The van der Waals surface area contributed by atoms with E-state index in [1.54, 1.807) is 7.11 Å². The minimum absolute atomic E-state index is 0.199. The zero-order chi connectivity index (χ0) is 10.4. The van der Waals surface area contributed by atoms with E-state index >= 15 is 0 Å². The first kappa shape index (κ1) is 12.0. The number of nitrogens with one attached hydrogen (secondary N) is 1. The maximum atomic E-state index is 11.3. The third-order valence-corrected chi connectivity index (χ3v) is 3.02. The Balaban J connectivity index is 1.93. The highest BCUT2D eigenvalue weighted by atomic mass is 79.9. The van der Waals surface area contributed by atoms with E-state index in [0.717, 1.165) is 19.4 Å². The maximum absolute atomic E-state index is 11.3. The van der Waals surface area contributed by atoms with Crippen molar-refractivity contribution in [2.75, 3.05) is 20.3 Å². The number of halogens is 1. The normalized spacial score (nSPS) is 17.9. The molecule has 1 aliphatic rings. The summed E-state index contributed by atoms with van der Waals surface area (Å²) in [5, 5.41) is 2.92. The van der Waals surface area contributed by atoms with Crippen LogP contribution in [0.3, 0.4) is 0 Å². The molecule has 0 aromatic heterocycles. The van der Waals surface area contributed by atoms with Gasteiger partial charge in [-0.15, -0.1) is 0 Å². The standard InChI is InChI=1S/C10H18BrNO2/c1-14-7-9(11)4-5-12-10(13)6-8-2-3-8/h8-9H,2-7H2,1H3,(H,12,13). The van der Waals surface area contributed by atoms with Gasteiger partial charge in [-0.2, -0.15) is 0 Å². The molecule has 82 valence electrons. The predicted molar refractivity (Wildman–Crippen MR) is 59.6 cm³/mol. The molecule has 1 rings (SSSR count). The molecule has 0 aromatic rings. The van der Waals surface area contributed by atoms with Crippen molar-refractivity contribution >= 4 is 21.8 Å². The fourth-order valence-corrected chi connectivity index (χ4v) is 1.78. The first-order chi connectivity index (χ1) is 6.72. The topological polar surface area (TPSA) is 38.3 Å². The Morgan fingerprint density at radius 1 is 1.64 bits per heavy atom. The first-order valence-electron chi connectivity index (χ1n) is 5.12. The van der Waals surface area contributed by atoms with Crippen LogP contribution in [0.1, 0.15) is 25.7 Å². The molecule has 3 nitrogen and oxygen atoms in total. The van der Waals surface area contributed by atoms with Gasteiger partial charge >= 0.3 is 0 Å². The van der Waals surface area contributed by atoms with Crippen LogP contribution < -0.4 is 5.32 Å². The van der Waals surface area contributed by atoms with Crippen molar-refractivity contribution in [3.05, 3.63) is 0 Å². The highest BCUT2D eigenvalue weighted by Gasteiger charge is 2.23. The van der Waals surface area contributed by atoms with E-state index in [1.165, 1.54) is 12.8 Å². The van der Waals surface area contributed by atoms with E-state index in [-0.39, 0.29) is 5.91 Å². The number of methoxy groups -OCH3 is 1. The average molecular weight is 264 g/mol. The van der Waals surface area contributed by atoms with Crippen molar-refractivity contribution in [1.29, 1.82) is 0 Å². The fraction of sp³-hybridized carbons (Fsp3) is 0.900. The molecule has 4 heteroatoms. The van der Waals surface area contributed by atoms with Crippen LogP contribution in [0.5, 0.6) is 0 Å². The van der Waals surface area contributed by atoms with Crippen LogP contribution in [0, 0.1) is 5.92 Å². The summed E-state index contributed by atoms with van der Waals surface area (Å²) in [5.74, 6) is 0.873. The molecule has 1 fully saturated rings. The summed E-state index contributed by atoms with van der Waals surface area (Å²) < 4.78 is 4.98. The van der Waals surface area contributed by atoms with Gasteiger partial charge < -0.3 is 10.1 Å². The Morgan fingerprint density at radius 3 is 2.93 bits per heavy atom. The van der Waals surface area contributed by atoms with Gasteiger partial charge in [-0.25, -0.2) is 0 Å². The van der Waals surface area contributed by atoms with E-state index in [2.05, 4.69) is 21.2 Å². The second kappa shape index (κ2) is 6.40. The first-order valence-corrected chi connectivity index (χ1v) is 6.03. The van der Waals surface area contributed by atoms with Crippen molar-refractivity contribution < 1.29 is 9.53 Å². The van der Waals surface area contributed by atoms with E-state index < -0.39 is 0 Å². The largest absolute Gasteiger partial charge is 0.384 e. The molecule has 0 bridgehead atoms. The lowest BCUT2D eigenvalue weighted by molar-refractivity contribution is -0.121. The van der Waals surface area contributed by atoms with Gasteiger partial charge in [0.2, 0.25) is 5.91 Å². The third kappa shape index (κ3) is 5.60. The molecule has 14 heavy (non-hydrogen) atoms. The maximum Gasteiger partial charge on any atom is 0.220 e. The second-order valence-corrected chi connectivity index (χ2v) is 5.13. The van der Waals surface area contributed by atoms with Gasteiger partial charge in [0, 0.05) is 24.9 Å². The smallest absolute Gasteiger partial charge is 0.220 e. The predicted octanol–water partition coefficient (Wildman–Crippen LogP) is 1.70. The van der Waals surface area contributed by atoms with E-state index in [1.807, 2.05) is 0 Å². The summed E-state index contributed by atoms with van der Waals surface area (Å²) in [6.45, 7) is 1.43. The molecule has 0 aromatic carbocycles. The molecule has 1 aliphatic carbocycles. The Hall–Kier alpha value is -0.0900. The van der Waals surface area contributed by atoms with Gasteiger partial charge in [-0.1, -0.05) is 15.9 Å². The van der Waals surface area contributed by atoms with Crippen molar-refractivity contribution in [2.24, 2.45) is 5.92 Å². The Morgan fingerprint density at radius 2 is 2.36 bits per heavy atom. The van der Waals surface area contributed by atoms with Crippen LogP contribution in [0.4, 0.5) is 0 Å². The Kier molecular flexibility index (Phi) is 5.48. The Bertz CT molecular complexity index is 183. The Labute approximate surface area is 93.7 Å². The highest BCUT2D eigenvalue weighted by molar-refractivity contribution is 9.09. The third-order valence-electron chi connectivity index (χ3n) is 2.30. The average Bonchev–Trinajstić information content (AvgIpc) is 2.88. The number of hydrogen-bond donors (Lipinski definition) is 1. The van der Waals surface area contributed by atoms with Gasteiger partial charge in [0.15, 0.2) is 0 Å². The van der Waals surface area contributed by atoms with Gasteiger partial charge in [0.1, 0.15) is 0 Å². The summed E-state index contributed by atoms with van der Waals surface area (Å²) in [4.78, 5) is 11.6. The van der Waals surface area contributed by atoms with Crippen molar-refractivity contribution in [2.45, 2.75) is 30.5 Å². The molecule has 1 saturated carbocycles.